The summed E-state index contributed by atoms with van der Waals surface area (Å²) < 4.78 is 0. The Bertz CT molecular complexity index is 8080. The average Bonchev–Trinajstić information content (AvgIpc) is 0.591. The van der Waals surface area contributed by atoms with Crippen molar-refractivity contribution in [2.75, 3.05) is 0 Å². The Kier molecular flexibility index (Phi) is 20.3. The highest BCUT2D eigenvalue weighted by molar-refractivity contribution is 6.18. The summed E-state index contributed by atoms with van der Waals surface area (Å²) in [6.07, 6.45) is 1.81. The summed E-state index contributed by atoms with van der Waals surface area (Å²) in [4.78, 5) is 39.8. The van der Waals surface area contributed by atoms with Crippen molar-refractivity contribution in [2.45, 2.75) is 0 Å². The zero-order valence-corrected chi connectivity index (χ0v) is 69.5. The van der Waals surface area contributed by atoms with Crippen LogP contribution in [-0.2, 0) is 0 Å². The summed E-state index contributed by atoms with van der Waals surface area (Å²) in [6, 6.07) is 158. The first-order valence-corrected chi connectivity index (χ1v) is 43.0. The number of hydrogen-bond donors (Lipinski definition) is 1. The van der Waals surface area contributed by atoms with Gasteiger partial charge in [0.25, 0.3) is 0 Å². The lowest BCUT2D eigenvalue weighted by Crippen LogP contribution is -2.05. The van der Waals surface area contributed by atoms with E-state index in [2.05, 4.69) is 400 Å². The van der Waals surface area contributed by atoms with Crippen molar-refractivity contribution in [2.24, 2.45) is 9.98 Å². The standard InChI is InChI=1S/C45H27N3.2C37H25N3/c1-4-10-37-28(7-1)13-16-31-25-34(19-22-40(31)37)43-46-44(35-20-23-41-32(26-35)17-14-29-8-2-5-11-38(29)41)48-45(47-43)36-21-24-42-33(27-36)18-15-30-9-3-6-12-39(30)42;1-3-9-26(10-4-1)29-15-20-31(21-16-29)35-38-36(32-22-17-30(18-23-32)27-11-5-2-6-12-27)40-37(39-35)34-24-19-28-13-7-8-14-33(28)25-34;38-36(30-18-20-34-28(22-30)16-14-26-10-4-6-12-32(26)34)40-37(39-24-25-8-2-1-3-9-25)31-19-21-35-29(23-31)17-15-27-11-5-7-13-33(27)35/h1-27H;1-25H;1-24,38H. The van der Waals surface area contributed by atoms with Crippen LogP contribution in [-0.4, -0.2) is 47.8 Å². The number of fused-ring (bicyclic) bond motifs is 16. The summed E-state index contributed by atoms with van der Waals surface area (Å²) in [7, 11) is 0. The van der Waals surface area contributed by atoms with Crippen LogP contribution in [0.2, 0.25) is 0 Å². The van der Waals surface area contributed by atoms with Crippen LogP contribution < -0.4 is 0 Å². The van der Waals surface area contributed by atoms with E-state index < -0.39 is 0 Å². The summed E-state index contributed by atoms with van der Waals surface area (Å²) in [5, 5.41) is 35.2. The second-order valence-corrected chi connectivity index (χ2v) is 32.1. The van der Waals surface area contributed by atoms with Crippen molar-refractivity contribution in [3.8, 4) is 90.6 Å². The van der Waals surface area contributed by atoms with Crippen LogP contribution in [0.4, 0.5) is 0 Å². The zero-order valence-electron chi connectivity index (χ0n) is 69.5. The highest BCUT2D eigenvalue weighted by atomic mass is 15.0. The molecule has 0 unspecified atom stereocenters. The van der Waals surface area contributed by atoms with Crippen molar-refractivity contribution in [3.63, 3.8) is 0 Å². The number of nitrogens with zero attached hydrogens (tertiary/aromatic N) is 8. The van der Waals surface area contributed by atoms with Gasteiger partial charge in [-0.1, -0.05) is 419 Å². The van der Waals surface area contributed by atoms with Crippen LogP contribution in [0, 0.1) is 5.41 Å². The molecule has 0 radical (unpaired) electrons. The van der Waals surface area contributed by atoms with Crippen molar-refractivity contribution >= 4 is 136 Å². The Morgan fingerprint density at radius 2 is 0.414 bits per heavy atom. The lowest BCUT2D eigenvalue weighted by molar-refractivity contribution is 1.07. The largest absolute Gasteiger partial charge is 0.282 e. The van der Waals surface area contributed by atoms with Gasteiger partial charge in [0.2, 0.25) is 0 Å². The quantitative estimate of drug-likeness (QED) is 0.0781. The third-order valence-corrected chi connectivity index (χ3v) is 24.2. The van der Waals surface area contributed by atoms with Crippen molar-refractivity contribution in [1.82, 2.24) is 29.9 Å². The summed E-state index contributed by atoms with van der Waals surface area (Å²) in [6.45, 7) is 0. The third-order valence-electron chi connectivity index (χ3n) is 24.2. The SMILES string of the molecule is N=C(N=C(N=Cc1ccccc1)c1ccc2c(ccc3ccccc32)c1)c1ccc2c(ccc3ccccc32)c1.c1ccc(-c2ccc(-c3nc(-c4ccc(-c5ccccc5)cc4)nc(-c4ccc5ccccc5c4)n3)cc2)cc1.c1ccc2c(c1)ccc1cc(-c3nc(-c4ccc5c(ccc6ccccc65)c4)nc(-c4ccc5c(ccc6ccccc65)c4)n3)ccc12. The molecule has 2 aromatic heterocycles. The molecule has 9 heteroatoms. The molecule has 9 nitrogen and oxygen atoms in total. The van der Waals surface area contributed by atoms with Gasteiger partial charge in [0, 0.05) is 50.7 Å². The second kappa shape index (κ2) is 33.9. The number of amidine groups is 2. The molecule has 1 N–H and O–H groups in total. The maximum Gasteiger partial charge on any atom is 0.164 e. The van der Waals surface area contributed by atoms with Gasteiger partial charge in [-0.2, -0.15) is 0 Å². The molecular formula is C119H77N9. The van der Waals surface area contributed by atoms with Crippen LogP contribution in [0.15, 0.2) is 465 Å². The zero-order chi connectivity index (χ0) is 85.2. The molecule has 2 heterocycles. The molecule has 0 fully saturated rings. The normalized spacial score (nSPS) is 11.6. The lowest BCUT2D eigenvalue weighted by atomic mass is 9.99. The van der Waals surface area contributed by atoms with Gasteiger partial charge in [0.1, 0.15) is 0 Å². The molecule has 0 atom stereocenters. The van der Waals surface area contributed by atoms with Gasteiger partial charge in [0.05, 0.1) is 0 Å². The van der Waals surface area contributed by atoms with Crippen LogP contribution in [0.1, 0.15) is 16.7 Å². The Balaban J connectivity index is 0.000000114. The molecule has 0 aliphatic heterocycles. The number of nitrogens with one attached hydrogen (secondary N) is 1. The molecule has 0 aliphatic carbocycles. The highest BCUT2D eigenvalue weighted by Gasteiger charge is 2.19. The first-order chi connectivity index (χ1) is 63.3. The fraction of sp³-hybridized carbons (Fsp3) is 0. The molecule has 0 spiro atoms. The van der Waals surface area contributed by atoms with E-state index in [1.54, 1.807) is 0 Å². The van der Waals surface area contributed by atoms with Crippen molar-refractivity contribution < 1.29 is 0 Å². The number of hydrogen-bond acceptors (Lipinski definition) is 7. The molecule has 0 saturated heterocycles. The number of rotatable bonds is 11. The summed E-state index contributed by atoms with van der Waals surface area (Å²) in [5.74, 6) is 4.60. The summed E-state index contributed by atoms with van der Waals surface area (Å²) >= 11 is 0. The highest BCUT2D eigenvalue weighted by Crippen LogP contribution is 2.38. The van der Waals surface area contributed by atoms with E-state index in [1.807, 2.05) is 60.8 Å². The smallest absolute Gasteiger partial charge is 0.164 e. The fourth-order valence-corrected chi connectivity index (χ4v) is 17.5. The van der Waals surface area contributed by atoms with Crippen LogP contribution in [0.25, 0.3) is 209 Å². The van der Waals surface area contributed by atoms with Gasteiger partial charge in [-0.15, -0.1) is 0 Å². The van der Waals surface area contributed by atoms with Crippen LogP contribution in [0.5, 0.6) is 0 Å². The minimum atomic E-state index is 0.175. The van der Waals surface area contributed by atoms with Gasteiger partial charge in [-0.25, -0.2) is 39.9 Å². The van der Waals surface area contributed by atoms with E-state index in [4.69, 9.17) is 45.3 Å². The third kappa shape index (κ3) is 15.6. The number of benzene rings is 22. The van der Waals surface area contributed by atoms with Gasteiger partial charge in [-0.3, -0.25) is 5.41 Å². The average molecular weight is 1630 g/mol. The first kappa shape index (κ1) is 76.8. The van der Waals surface area contributed by atoms with Crippen molar-refractivity contribution in [3.05, 3.63) is 472 Å². The van der Waals surface area contributed by atoms with Gasteiger partial charge >= 0.3 is 0 Å². The predicted octanol–water partition coefficient (Wildman–Crippen LogP) is 30.3. The molecule has 598 valence electrons. The Morgan fingerprint density at radius 3 is 0.789 bits per heavy atom. The molecule has 0 saturated carbocycles. The predicted molar refractivity (Wildman–Crippen MR) is 536 cm³/mol. The maximum absolute atomic E-state index is 8.94. The van der Waals surface area contributed by atoms with Gasteiger partial charge < -0.3 is 0 Å². The number of aromatic nitrogens is 6. The lowest BCUT2D eigenvalue weighted by Gasteiger charge is -2.12. The Morgan fingerprint density at radius 1 is 0.180 bits per heavy atom. The first-order valence-electron chi connectivity index (χ1n) is 43.0. The van der Waals surface area contributed by atoms with E-state index in [9.17, 15) is 0 Å². The number of aliphatic imine (C=N–C) groups is 2. The maximum atomic E-state index is 8.94. The van der Waals surface area contributed by atoms with E-state index >= 15 is 0 Å². The van der Waals surface area contributed by atoms with E-state index in [1.165, 1.54) is 97.3 Å². The topological polar surface area (TPSA) is 126 Å². The van der Waals surface area contributed by atoms with E-state index in [0.717, 1.165) is 93.5 Å². The molecule has 22 aromatic carbocycles. The molecule has 0 aliphatic rings. The molecule has 0 amide bonds. The van der Waals surface area contributed by atoms with Crippen LogP contribution in [0.3, 0.4) is 0 Å². The minimum Gasteiger partial charge on any atom is -0.282 e. The minimum absolute atomic E-state index is 0.175. The van der Waals surface area contributed by atoms with Gasteiger partial charge in [-0.05, 0) is 183 Å². The van der Waals surface area contributed by atoms with E-state index in [0.29, 0.717) is 40.8 Å². The second-order valence-electron chi connectivity index (χ2n) is 32.1. The molecular weight excluding hydrogens is 1560 g/mol. The molecule has 0 bridgehead atoms. The Labute approximate surface area is 739 Å². The van der Waals surface area contributed by atoms with Crippen LogP contribution >= 0.6 is 0 Å². The molecule has 24 rings (SSSR count). The monoisotopic (exact) mass is 1630 g/mol. The molecule has 24 aromatic rings. The van der Waals surface area contributed by atoms with E-state index in [-0.39, 0.29) is 5.84 Å². The molecule has 128 heavy (non-hydrogen) atoms. The fourth-order valence-electron chi connectivity index (χ4n) is 17.5. The Hall–Kier alpha value is -17.3. The summed E-state index contributed by atoms with van der Waals surface area (Å²) in [5.41, 5.74) is 13.0. The van der Waals surface area contributed by atoms with Crippen molar-refractivity contribution in [1.29, 1.82) is 5.41 Å². The van der Waals surface area contributed by atoms with Gasteiger partial charge in [0.15, 0.2) is 46.6 Å².